The van der Waals surface area contributed by atoms with E-state index in [-0.39, 0.29) is 23.8 Å². The van der Waals surface area contributed by atoms with Crippen molar-refractivity contribution in [1.29, 1.82) is 0 Å². The van der Waals surface area contributed by atoms with Gasteiger partial charge in [-0.05, 0) is 24.6 Å². The fourth-order valence-corrected chi connectivity index (χ4v) is 4.26. The second kappa shape index (κ2) is 8.05. The van der Waals surface area contributed by atoms with Gasteiger partial charge in [-0.3, -0.25) is 9.59 Å². The molecule has 2 amide bonds. The predicted octanol–water partition coefficient (Wildman–Crippen LogP) is 2.94. The van der Waals surface area contributed by atoms with Crippen LogP contribution in [-0.2, 0) is 9.59 Å². The van der Waals surface area contributed by atoms with Crippen molar-refractivity contribution in [3.05, 3.63) is 66.2 Å². The van der Waals surface area contributed by atoms with Crippen LogP contribution in [0.15, 0.2) is 60.7 Å². The molecule has 2 aliphatic heterocycles. The van der Waals surface area contributed by atoms with Crippen LogP contribution in [0.3, 0.4) is 0 Å². The van der Waals surface area contributed by atoms with Gasteiger partial charge in [-0.2, -0.15) is 0 Å². The van der Waals surface area contributed by atoms with Gasteiger partial charge < -0.3 is 14.7 Å². The fraction of sp³-hybridized carbons (Fsp3) is 0.391. The molecular weight excluding hydrogens is 350 g/mol. The maximum atomic E-state index is 13.0. The minimum atomic E-state index is -0.220. The summed E-state index contributed by atoms with van der Waals surface area (Å²) in [6.07, 6.45) is 0.328. The smallest absolute Gasteiger partial charge is 0.228 e. The summed E-state index contributed by atoms with van der Waals surface area (Å²) in [5.41, 5.74) is 2.31. The molecule has 2 saturated heterocycles. The standard InChI is InChI=1S/C23H27N3O2/c1-18(19-8-4-2-5-9-19)26-17-20(16-22(26)27)23(28)25-14-12-24(13-15-25)21-10-6-3-7-11-21/h2-11,18,20H,12-17H2,1H3/t18-,20+/m0/s1. The Hall–Kier alpha value is -2.82. The lowest BCUT2D eigenvalue weighted by atomic mass is 10.1. The molecular formula is C23H27N3O2. The van der Waals surface area contributed by atoms with E-state index in [1.165, 1.54) is 5.69 Å². The van der Waals surface area contributed by atoms with Gasteiger partial charge in [0.25, 0.3) is 0 Å². The van der Waals surface area contributed by atoms with Crippen molar-refractivity contribution in [1.82, 2.24) is 9.80 Å². The molecule has 2 aliphatic rings. The minimum Gasteiger partial charge on any atom is -0.368 e. The zero-order valence-electron chi connectivity index (χ0n) is 16.3. The summed E-state index contributed by atoms with van der Waals surface area (Å²) >= 11 is 0. The average molecular weight is 377 g/mol. The zero-order chi connectivity index (χ0) is 19.5. The van der Waals surface area contributed by atoms with Crippen LogP contribution in [0.1, 0.15) is 24.9 Å². The van der Waals surface area contributed by atoms with E-state index in [9.17, 15) is 9.59 Å². The molecule has 0 radical (unpaired) electrons. The van der Waals surface area contributed by atoms with Crippen molar-refractivity contribution in [2.45, 2.75) is 19.4 Å². The second-order valence-electron chi connectivity index (χ2n) is 7.68. The summed E-state index contributed by atoms with van der Waals surface area (Å²) < 4.78 is 0. The molecule has 2 aromatic rings. The maximum Gasteiger partial charge on any atom is 0.228 e. The first-order valence-electron chi connectivity index (χ1n) is 10.1. The quantitative estimate of drug-likeness (QED) is 0.823. The Kier molecular flexibility index (Phi) is 5.33. The number of piperazine rings is 1. The molecule has 0 aliphatic carbocycles. The topological polar surface area (TPSA) is 43.9 Å². The van der Waals surface area contributed by atoms with E-state index < -0.39 is 0 Å². The Morgan fingerprint density at radius 3 is 2.18 bits per heavy atom. The van der Waals surface area contributed by atoms with Gasteiger partial charge in [0.2, 0.25) is 11.8 Å². The van der Waals surface area contributed by atoms with E-state index in [4.69, 9.17) is 0 Å². The summed E-state index contributed by atoms with van der Waals surface area (Å²) in [5.74, 6) is -0.0108. The molecule has 2 atom stereocenters. The maximum absolute atomic E-state index is 13.0. The number of amides is 2. The van der Waals surface area contributed by atoms with Crippen LogP contribution in [0.4, 0.5) is 5.69 Å². The minimum absolute atomic E-state index is 0.00132. The summed E-state index contributed by atoms with van der Waals surface area (Å²) in [6, 6.07) is 20.3. The second-order valence-corrected chi connectivity index (χ2v) is 7.68. The number of hydrogen-bond acceptors (Lipinski definition) is 3. The molecule has 0 unspecified atom stereocenters. The van der Waals surface area contributed by atoms with Crippen molar-refractivity contribution < 1.29 is 9.59 Å². The Bertz CT molecular complexity index is 816. The zero-order valence-corrected chi connectivity index (χ0v) is 16.3. The van der Waals surface area contributed by atoms with Crippen LogP contribution in [0, 0.1) is 5.92 Å². The Labute approximate surface area is 166 Å². The van der Waals surface area contributed by atoms with Crippen LogP contribution >= 0.6 is 0 Å². The van der Waals surface area contributed by atoms with Gasteiger partial charge in [-0.1, -0.05) is 48.5 Å². The molecule has 28 heavy (non-hydrogen) atoms. The Morgan fingerprint density at radius 2 is 1.54 bits per heavy atom. The number of para-hydroxylation sites is 1. The third-order valence-electron chi connectivity index (χ3n) is 5.97. The van der Waals surface area contributed by atoms with Gasteiger partial charge in [0.05, 0.1) is 12.0 Å². The van der Waals surface area contributed by atoms with Gasteiger partial charge in [0.1, 0.15) is 0 Å². The predicted molar refractivity (Wildman–Crippen MR) is 110 cm³/mol. The van der Waals surface area contributed by atoms with Gasteiger partial charge in [-0.15, -0.1) is 0 Å². The number of rotatable bonds is 4. The Balaban J connectivity index is 1.35. The van der Waals surface area contributed by atoms with E-state index in [1.54, 1.807) is 0 Å². The van der Waals surface area contributed by atoms with Crippen LogP contribution in [0.25, 0.3) is 0 Å². The SMILES string of the molecule is C[C@@H](c1ccccc1)N1C[C@H](C(=O)N2CCN(c3ccccc3)CC2)CC1=O. The first kappa shape index (κ1) is 18.5. The van der Waals surface area contributed by atoms with E-state index in [0.717, 1.165) is 18.7 Å². The number of hydrogen-bond donors (Lipinski definition) is 0. The first-order valence-corrected chi connectivity index (χ1v) is 10.1. The molecule has 5 heteroatoms. The molecule has 0 bridgehead atoms. The molecule has 4 rings (SSSR count). The summed E-state index contributed by atoms with van der Waals surface area (Å²) in [4.78, 5) is 31.7. The fourth-order valence-electron chi connectivity index (χ4n) is 4.26. The molecule has 5 nitrogen and oxygen atoms in total. The highest BCUT2D eigenvalue weighted by atomic mass is 16.2. The van der Waals surface area contributed by atoms with Crippen molar-refractivity contribution in [2.75, 3.05) is 37.6 Å². The molecule has 0 spiro atoms. The highest BCUT2D eigenvalue weighted by Gasteiger charge is 2.39. The third-order valence-corrected chi connectivity index (χ3v) is 5.97. The highest BCUT2D eigenvalue weighted by Crippen LogP contribution is 2.29. The summed E-state index contributed by atoms with van der Waals surface area (Å²) in [6.45, 7) is 5.66. The number of benzene rings is 2. The molecule has 146 valence electrons. The van der Waals surface area contributed by atoms with Gasteiger partial charge in [0, 0.05) is 44.8 Å². The molecule has 0 aromatic heterocycles. The molecule has 2 heterocycles. The van der Waals surface area contributed by atoms with Crippen molar-refractivity contribution in [2.24, 2.45) is 5.92 Å². The largest absolute Gasteiger partial charge is 0.368 e. The molecule has 0 N–H and O–H groups in total. The van der Waals surface area contributed by atoms with Crippen molar-refractivity contribution >= 4 is 17.5 Å². The molecule has 2 fully saturated rings. The number of carbonyl (C=O) groups excluding carboxylic acids is 2. The van der Waals surface area contributed by atoms with Crippen LogP contribution < -0.4 is 4.90 Å². The van der Waals surface area contributed by atoms with Crippen molar-refractivity contribution in [3.63, 3.8) is 0 Å². The summed E-state index contributed by atoms with van der Waals surface area (Å²) in [5, 5.41) is 0. The van der Waals surface area contributed by atoms with E-state index >= 15 is 0 Å². The summed E-state index contributed by atoms with van der Waals surface area (Å²) in [7, 11) is 0. The van der Waals surface area contributed by atoms with Crippen LogP contribution in [0.2, 0.25) is 0 Å². The van der Waals surface area contributed by atoms with Gasteiger partial charge in [-0.25, -0.2) is 0 Å². The highest BCUT2D eigenvalue weighted by molar-refractivity contribution is 5.89. The number of nitrogens with zero attached hydrogens (tertiary/aromatic N) is 3. The van der Waals surface area contributed by atoms with Crippen molar-refractivity contribution in [3.8, 4) is 0 Å². The first-order chi connectivity index (χ1) is 13.6. The monoisotopic (exact) mass is 377 g/mol. The number of carbonyl (C=O) groups is 2. The lowest BCUT2D eigenvalue weighted by Crippen LogP contribution is -2.50. The van der Waals surface area contributed by atoms with Crippen LogP contribution in [-0.4, -0.2) is 54.3 Å². The normalized spacial score (nSPS) is 21.1. The molecule has 2 aromatic carbocycles. The van der Waals surface area contributed by atoms with Crippen LogP contribution in [0.5, 0.6) is 0 Å². The lowest BCUT2D eigenvalue weighted by molar-refractivity contribution is -0.136. The van der Waals surface area contributed by atoms with E-state index in [2.05, 4.69) is 17.0 Å². The van der Waals surface area contributed by atoms with Gasteiger partial charge >= 0.3 is 0 Å². The molecule has 0 saturated carbocycles. The van der Waals surface area contributed by atoms with Gasteiger partial charge in [0.15, 0.2) is 0 Å². The lowest BCUT2D eigenvalue weighted by Gasteiger charge is -2.37. The number of likely N-dealkylation sites (tertiary alicyclic amines) is 1. The average Bonchev–Trinajstić information content (AvgIpc) is 3.15. The Morgan fingerprint density at radius 1 is 0.929 bits per heavy atom. The van der Waals surface area contributed by atoms with E-state index in [0.29, 0.717) is 26.1 Å². The third kappa shape index (κ3) is 3.75. The number of anilines is 1. The van der Waals surface area contributed by atoms with E-state index in [1.807, 2.05) is 65.3 Å².